The molecule has 0 heterocycles. The van der Waals surface area contributed by atoms with Gasteiger partial charge in [-0.25, -0.2) is 0 Å². The summed E-state index contributed by atoms with van der Waals surface area (Å²) in [4.78, 5) is 0. The fourth-order valence-electron chi connectivity index (χ4n) is 1.70. The summed E-state index contributed by atoms with van der Waals surface area (Å²) in [6.07, 6.45) is 6.08. The summed E-state index contributed by atoms with van der Waals surface area (Å²) in [6, 6.07) is 0. The minimum atomic E-state index is 1.20. The van der Waals surface area contributed by atoms with Crippen LogP contribution < -0.4 is 0 Å². The van der Waals surface area contributed by atoms with Crippen molar-refractivity contribution in [1.82, 2.24) is 0 Å². The Balaban J connectivity index is 2.87. The molecule has 0 atom stereocenters. The van der Waals surface area contributed by atoms with Gasteiger partial charge < -0.3 is 0 Å². The molecule has 0 radical (unpaired) electrons. The molecule has 0 unspecified atom stereocenters. The molecule has 0 bridgehead atoms. The van der Waals surface area contributed by atoms with E-state index < -0.39 is 0 Å². The molecule has 1 aliphatic carbocycles. The van der Waals surface area contributed by atoms with Gasteiger partial charge in [0.05, 0.1) is 0 Å². The van der Waals surface area contributed by atoms with Crippen LogP contribution >= 0.6 is 0 Å². The van der Waals surface area contributed by atoms with Crippen molar-refractivity contribution < 1.29 is 0 Å². The third kappa shape index (κ3) is 1.31. The zero-order valence-corrected chi connectivity index (χ0v) is 7.20. The Kier molecular flexibility index (Phi) is 2.31. The lowest BCUT2D eigenvalue weighted by Gasteiger charge is -2.15. The van der Waals surface area contributed by atoms with E-state index in [0.717, 1.165) is 0 Å². The highest BCUT2D eigenvalue weighted by atomic mass is 14.1. The molecule has 1 aliphatic rings. The smallest absolute Gasteiger partial charge is 0.0282 e. The van der Waals surface area contributed by atoms with Crippen LogP contribution in [0.5, 0.6) is 0 Å². The van der Waals surface area contributed by atoms with Crippen LogP contribution in [0.4, 0.5) is 0 Å². The number of allylic oxidation sites excluding steroid dienone is 4. The lowest BCUT2D eigenvalue weighted by atomic mass is 9.91. The molecule has 0 heteroatoms. The Morgan fingerprint density at radius 2 is 2.10 bits per heavy atom. The van der Waals surface area contributed by atoms with Gasteiger partial charge in [-0.1, -0.05) is 24.1 Å². The maximum Gasteiger partial charge on any atom is -0.0282 e. The van der Waals surface area contributed by atoms with Gasteiger partial charge in [0.1, 0.15) is 0 Å². The fourth-order valence-corrected chi connectivity index (χ4v) is 1.70. The van der Waals surface area contributed by atoms with E-state index in [1.165, 1.54) is 24.8 Å². The van der Waals surface area contributed by atoms with Gasteiger partial charge in [0.2, 0.25) is 0 Å². The van der Waals surface area contributed by atoms with Crippen LogP contribution in [0, 0.1) is 0 Å². The first-order valence-electron chi connectivity index (χ1n) is 4.11. The van der Waals surface area contributed by atoms with Gasteiger partial charge in [0.25, 0.3) is 0 Å². The standard InChI is InChI=1S/C10H16/c1-4-10-8(2)6-5-7-9(10)3/h6H,4-5,7H2,1-3H3. The maximum absolute atomic E-state index is 2.35. The Bertz CT molecular complexity index is 182. The molecular weight excluding hydrogens is 120 g/mol. The van der Waals surface area contributed by atoms with E-state index in [2.05, 4.69) is 26.8 Å². The van der Waals surface area contributed by atoms with Crippen molar-refractivity contribution in [2.24, 2.45) is 0 Å². The van der Waals surface area contributed by atoms with Crippen molar-refractivity contribution in [3.05, 3.63) is 22.8 Å². The molecule has 0 nitrogen and oxygen atoms in total. The van der Waals surface area contributed by atoms with Crippen molar-refractivity contribution in [3.63, 3.8) is 0 Å². The number of hydrogen-bond acceptors (Lipinski definition) is 0. The Morgan fingerprint density at radius 3 is 2.50 bits per heavy atom. The summed E-state index contributed by atoms with van der Waals surface area (Å²) in [6.45, 7) is 6.72. The van der Waals surface area contributed by atoms with E-state index in [0.29, 0.717) is 0 Å². The largest absolute Gasteiger partial charge is 0.0810 e. The van der Waals surface area contributed by atoms with Crippen LogP contribution in [0.15, 0.2) is 22.8 Å². The van der Waals surface area contributed by atoms with Crippen molar-refractivity contribution >= 4 is 0 Å². The predicted molar refractivity (Wildman–Crippen MR) is 46.0 cm³/mol. The molecule has 0 aromatic rings. The Hall–Kier alpha value is -0.520. The summed E-state index contributed by atoms with van der Waals surface area (Å²) in [5, 5.41) is 0. The molecule has 10 heavy (non-hydrogen) atoms. The van der Waals surface area contributed by atoms with E-state index >= 15 is 0 Å². The van der Waals surface area contributed by atoms with Gasteiger partial charge in [-0.15, -0.1) is 0 Å². The summed E-state index contributed by atoms with van der Waals surface area (Å²) in [7, 11) is 0. The molecule has 56 valence electrons. The number of rotatable bonds is 1. The van der Waals surface area contributed by atoms with Gasteiger partial charge >= 0.3 is 0 Å². The highest BCUT2D eigenvalue weighted by Crippen LogP contribution is 2.26. The third-order valence-corrected chi connectivity index (χ3v) is 2.31. The SMILES string of the molecule is CCC1=C(C)CCC=C1C. The van der Waals surface area contributed by atoms with E-state index in [4.69, 9.17) is 0 Å². The van der Waals surface area contributed by atoms with Crippen molar-refractivity contribution in [2.45, 2.75) is 40.0 Å². The van der Waals surface area contributed by atoms with Gasteiger partial charge in [-0.2, -0.15) is 0 Å². The quantitative estimate of drug-likeness (QED) is 0.518. The Morgan fingerprint density at radius 1 is 1.40 bits per heavy atom. The van der Waals surface area contributed by atoms with Crippen molar-refractivity contribution in [2.75, 3.05) is 0 Å². The second kappa shape index (κ2) is 3.05. The van der Waals surface area contributed by atoms with Gasteiger partial charge in [0.15, 0.2) is 0 Å². The lowest BCUT2D eigenvalue weighted by Crippen LogP contribution is -1.95. The van der Waals surface area contributed by atoms with Crippen molar-refractivity contribution in [3.8, 4) is 0 Å². The van der Waals surface area contributed by atoms with Crippen LogP contribution in [0.1, 0.15) is 40.0 Å². The van der Waals surface area contributed by atoms with Gasteiger partial charge in [-0.05, 0) is 38.7 Å². The van der Waals surface area contributed by atoms with E-state index in [1.54, 1.807) is 11.1 Å². The normalized spacial score (nSPS) is 19.3. The highest BCUT2D eigenvalue weighted by molar-refractivity contribution is 5.35. The molecule has 0 aliphatic heterocycles. The first kappa shape index (κ1) is 7.59. The maximum atomic E-state index is 2.35. The van der Waals surface area contributed by atoms with Crippen LogP contribution in [-0.2, 0) is 0 Å². The summed E-state index contributed by atoms with van der Waals surface area (Å²) < 4.78 is 0. The molecule has 0 aromatic heterocycles. The predicted octanol–water partition coefficient (Wildman–Crippen LogP) is 3.45. The molecule has 0 N–H and O–H groups in total. The lowest BCUT2D eigenvalue weighted by molar-refractivity contribution is 0.888. The molecule has 0 saturated heterocycles. The monoisotopic (exact) mass is 136 g/mol. The molecule has 0 amide bonds. The molecule has 0 aromatic carbocycles. The van der Waals surface area contributed by atoms with Gasteiger partial charge in [-0.3, -0.25) is 0 Å². The molecule has 0 saturated carbocycles. The average molecular weight is 136 g/mol. The van der Waals surface area contributed by atoms with E-state index in [-0.39, 0.29) is 0 Å². The molecule has 0 spiro atoms. The van der Waals surface area contributed by atoms with Crippen LogP contribution in [0.25, 0.3) is 0 Å². The zero-order valence-electron chi connectivity index (χ0n) is 7.20. The first-order valence-corrected chi connectivity index (χ1v) is 4.11. The second-order valence-corrected chi connectivity index (χ2v) is 3.04. The van der Waals surface area contributed by atoms with Crippen LogP contribution in [0.3, 0.4) is 0 Å². The summed E-state index contributed by atoms with van der Waals surface area (Å²) in [5.41, 5.74) is 4.69. The van der Waals surface area contributed by atoms with Crippen LogP contribution in [-0.4, -0.2) is 0 Å². The first-order chi connectivity index (χ1) is 4.75. The van der Waals surface area contributed by atoms with Crippen LogP contribution in [0.2, 0.25) is 0 Å². The van der Waals surface area contributed by atoms with E-state index in [9.17, 15) is 0 Å². The highest BCUT2D eigenvalue weighted by Gasteiger charge is 2.06. The minimum absolute atomic E-state index is 1.20. The summed E-state index contributed by atoms with van der Waals surface area (Å²) in [5.74, 6) is 0. The average Bonchev–Trinajstić information content (AvgIpc) is 1.88. The third-order valence-electron chi connectivity index (χ3n) is 2.31. The summed E-state index contributed by atoms with van der Waals surface area (Å²) >= 11 is 0. The fraction of sp³-hybridized carbons (Fsp3) is 0.600. The molecule has 0 fully saturated rings. The number of hydrogen-bond donors (Lipinski definition) is 0. The zero-order chi connectivity index (χ0) is 7.56. The van der Waals surface area contributed by atoms with Crippen molar-refractivity contribution in [1.29, 1.82) is 0 Å². The van der Waals surface area contributed by atoms with E-state index in [1.807, 2.05) is 0 Å². The van der Waals surface area contributed by atoms with Gasteiger partial charge in [0, 0.05) is 0 Å². The topological polar surface area (TPSA) is 0 Å². The second-order valence-electron chi connectivity index (χ2n) is 3.04. The Labute approximate surface area is 63.6 Å². The molecular formula is C10H16. The molecule has 1 rings (SSSR count). The minimum Gasteiger partial charge on any atom is -0.0810 e.